The van der Waals surface area contributed by atoms with Gasteiger partial charge in [-0.25, -0.2) is 0 Å². The molecule has 26 heavy (non-hydrogen) atoms. The normalized spacial score (nSPS) is 13.8. The molecule has 2 N–H and O–H groups in total. The highest BCUT2D eigenvalue weighted by molar-refractivity contribution is 14.0. The van der Waals surface area contributed by atoms with Crippen LogP contribution < -0.4 is 15.5 Å². The predicted octanol–water partition coefficient (Wildman–Crippen LogP) is 3.41. The first-order valence-electron chi connectivity index (χ1n) is 9.20. The van der Waals surface area contributed by atoms with E-state index in [0.29, 0.717) is 12.5 Å². The molecule has 0 amide bonds. The fraction of sp³-hybridized carbons (Fsp3) is 0.550. The molecule has 6 heteroatoms. The minimum absolute atomic E-state index is 0. The Bertz CT molecular complexity index is 549. The van der Waals surface area contributed by atoms with Crippen LogP contribution in [0.3, 0.4) is 0 Å². The highest BCUT2D eigenvalue weighted by Crippen LogP contribution is 2.17. The van der Waals surface area contributed by atoms with Crippen LogP contribution >= 0.6 is 24.0 Å². The molecule has 0 aromatic heterocycles. The van der Waals surface area contributed by atoms with Crippen LogP contribution in [0.5, 0.6) is 0 Å². The molecule has 1 aromatic carbocycles. The molecule has 0 aliphatic carbocycles. The van der Waals surface area contributed by atoms with Gasteiger partial charge in [0.15, 0.2) is 5.96 Å². The van der Waals surface area contributed by atoms with Crippen molar-refractivity contribution >= 4 is 35.6 Å². The number of nitrogens with one attached hydrogen (secondary N) is 2. The van der Waals surface area contributed by atoms with E-state index < -0.39 is 0 Å². The van der Waals surface area contributed by atoms with Crippen molar-refractivity contribution in [1.82, 2.24) is 10.6 Å². The standard InChI is InChI=1S/C20H32N4O.HI/c1-17(2)10-14-25-15-11-22-20(21-3)23-16-18-6-8-19(9-7-18)24-12-4-5-13-24;/h4-9,17H,10-16H2,1-3H3,(H2,21,22,23);1H. The van der Waals surface area contributed by atoms with Crippen molar-refractivity contribution in [3.05, 3.63) is 42.0 Å². The topological polar surface area (TPSA) is 48.9 Å². The molecule has 0 unspecified atom stereocenters. The van der Waals surface area contributed by atoms with Gasteiger partial charge < -0.3 is 20.3 Å². The van der Waals surface area contributed by atoms with E-state index in [9.17, 15) is 0 Å². The van der Waals surface area contributed by atoms with Crippen LogP contribution in [0, 0.1) is 5.92 Å². The molecule has 146 valence electrons. The Morgan fingerprint density at radius 2 is 1.81 bits per heavy atom. The monoisotopic (exact) mass is 472 g/mol. The Balaban J connectivity index is 0.00000338. The number of guanidine groups is 1. The number of hydrogen-bond acceptors (Lipinski definition) is 3. The molecule has 1 aliphatic rings. The second-order valence-electron chi connectivity index (χ2n) is 6.69. The lowest BCUT2D eigenvalue weighted by molar-refractivity contribution is 0.128. The van der Waals surface area contributed by atoms with Crippen LogP contribution in [-0.4, -0.2) is 45.9 Å². The minimum Gasteiger partial charge on any atom is -0.380 e. The second-order valence-corrected chi connectivity index (χ2v) is 6.69. The van der Waals surface area contributed by atoms with E-state index in [-0.39, 0.29) is 24.0 Å². The van der Waals surface area contributed by atoms with E-state index in [1.807, 2.05) is 0 Å². The number of ether oxygens (including phenoxy) is 1. The third-order valence-electron chi connectivity index (χ3n) is 4.18. The summed E-state index contributed by atoms with van der Waals surface area (Å²) in [6.45, 7) is 9.48. The summed E-state index contributed by atoms with van der Waals surface area (Å²) in [7, 11) is 1.79. The zero-order chi connectivity index (χ0) is 17.9. The number of nitrogens with zero attached hydrogens (tertiary/aromatic N) is 2. The molecule has 5 nitrogen and oxygen atoms in total. The number of aliphatic imine (C=N–C) groups is 1. The molecule has 0 bridgehead atoms. The highest BCUT2D eigenvalue weighted by Gasteiger charge is 2.07. The van der Waals surface area contributed by atoms with E-state index in [1.165, 1.54) is 11.3 Å². The smallest absolute Gasteiger partial charge is 0.191 e. The Kier molecular flexibility index (Phi) is 11.4. The SMILES string of the molecule is CN=C(NCCOCCC(C)C)NCc1ccc(N2CC=CC2)cc1.I. The molecule has 1 heterocycles. The summed E-state index contributed by atoms with van der Waals surface area (Å²) in [5.74, 6) is 1.50. The van der Waals surface area contributed by atoms with Gasteiger partial charge in [-0.05, 0) is 30.0 Å². The molecule has 0 saturated carbocycles. The second kappa shape index (κ2) is 13.0. The maximum absolute atomic E-state index is 5.61. The molecular weight excluding hydrogens is 439 g/mol. The number of benzene rings is 1. The van der Waals surface area contributed by atoms with Crippen molar-refractivity contribution in [1.29, 1.82) is 0 Å². The highest BCUT2D eigenvalue weighted by atomic mass is 127. The van der Waals surface area contributed by atoms with E-state index in [2.05, 4.69) is 70.8 Å². The number of halogens is 1. The lowest BCUT2D eigenvalue weighted by atomic mass is 10.1. The molecule has 0 spiro atoms. The van der Waals surface area contributed by atoms with Gasteiger partial charge in [0.05, 0.1) is 6.61 Å². The average molecular weight is 472 g/mol. The van der Waals surface area contributed by atoms with Crippen molar-refractivity contribution in [2.75, 3.05) is 44.8 Å². The fourth-order valence-corrected chi connectivity index (χ4v) is 2.58. The van der Waals surface area contributed by atoms with Gasteiger partial charge in [0.25, 0.3) is 0 Å². The first-order chi connectivity index (χ1) is 12.2. The zero-order valence-electron chi connectivity index (χ0n) is 16.2. The third-order valence-corrected chi connectivity index (χ3v) is 4.18. The molecule has 0 saturated heterocycles. The van der Waals surface area contributed by atoms with Gasteiger partial charge in [-0.15, -0.1) is 24.0 Å². The Morgan fingerprint density at radius 3 is 2.42 bits per heavy atom. The summed E-state index contributed by atoms with van der Waals surface area (Å²) in [4.78, 5) is 6.60. The van der Waals surface area contributed by atoms with E-state index in [1.54, 1.807) is 7.05 Å². The first kappa shape index (κ1) is 22.8. The van der Waals surface area contributed by atoms with Crippen molar-refractivity contribution in [3.63, 3.8) is 0 Å². The zero-order valence-corrected chi connectivity index (χ0v) is 18.5. The predicted molar refractivity (Wildman–Crippen MR) is 122 cm³/mol. The quantitative estimate of drug-likeness (QED) is 0.190. The maximum atomic E-state index is 5.61. The molecular formula is C20H33IN4O. The van der Waals surface area contributed by atoms with Gasteiger partial charge in [-0.1, -0.05) is 38.1 Å². The van der Waals surface area contributed by atoms with Crippen molar-refractivity contribution in [3.8, 4) is 0 Å². The minimum atomic E-state index is 0. The molecule has 0 fully saturated rings. The maximum Gasteiger partial charge on any atom is 0.191 e. The van der Waals surface area contributed by atoms with E-state index in [4.69, 9.17) is 4.74 Å². The van der Waals surface area contributed by atoms with Crippen LogP contribution in [0.15, 0.2) is 41.4 Å². The van der Waals surface area contributed by atoms with Crippen LogP contribution in [0.4, 0.5) is 5.69 Å². The molecule has 1 aliphatic heterocycles. The van der Waals surface area contributed by atoms with Crippen LogP contribution in [0.2, 0.25) is 0 Å². The largest absolute Gasteiger partial charge is 0.380 e. The summed E-state index contributed by atoms with van der Waals surface area (Å²) in [5, 5.41) is 6.62. The van der Waals surface area contributed by atoms with Crippen molar-refractivity contribution in [2.45, 2.75) is 26.8 Å². The summed E-state index contributed by atoms with van der Waals surface area (Å²) < 4.78 is 5.61. The molecule has 2 rings (SSSR count). The average Bonchev–Trinajstić information content (AvgIpc) is 3.15. The molecule has 0 radical (unpaired) electrons. The van der Waals surface area contributed by atoms with Crippen LogP contribution in [0.25, 0.3) is 0 Å². The summed E-state index contributed by atoms with van der Waals surface area (Å²) >= 11 is 0. The van der Waals surface area contributed by atoms with Crippen LogP contribution in [0.1, 0.15) is 25.8 Å². The summed E-state index contributed by atoms with van der Waals surface area (Å²) in [5.41, 5.74) is 2.52. The third kappa shape index (κ3) is 8.40. The van der Waals surface area contributed by atoms with Crippen LogP contribution in [-0.2, 0) is 11.3 Å². The van der Waals surface area contributed by atoms with Gasteiger partial charge in [0.2, 0.25) is 0 Å². The Labute approximate surface area is 175 Å². The Morgan fingerprint density at radius 1 is 1.12 bits per heavy atom. The Hall–Kier alpha value is -1.28. The van der Waals surface area contributed by atoms with E-state index in [0.717, 1.165) is 45.2 Å². The number of rotatable bonds is 9. The van der Waals surface area contributed by atoms with E-state index >= 15 is 0 Å². The molecule has 1 aromatic rings. The van der Waals surface area contributed by atoms with Crippen molar-refractivity contribution < 1.29 is 4.74 Å². The van der Waals surface area contributed by atoms with Gasteiger partial charge >= 0.3 is 0 Å². The summed E-state index contributed by atoms with van der Waals surface area (Å²) in [6.07, 6.45) is 5.52. The first-order valence-corrected chi connectivity index (χ1v) is 9.20. The summed E-state index contributed by atoms with van der Waals surface area (Å²) in [6, 6.07) is 8.71. The lowest BCUT2D eigenvalue weighted by Crippen LogP contribution is -2.38. The van der Waals surface area contributed by atoms with Gasteiger partial charge in [-0.3, -0.25) is 4.99 Å². The number of hydrogen-bond donors (Lipinski definition) is 2. The lowest BCUT2D eigenvalue weighted by Gasteiger charge is -2.18. The van der Waals surface area contributed by atoms with Gasteiger partial charge in [0, 0.05) is 45.5 Å². The molecule has 0 atom stereocenters. The van der Waals surface area contributed by atoms with Crippen molar-refractivity contribution in [2.24, 2.45) is 10.9 Å². The van der Waals surface area contributed by atoms with Gasteiger partial charge in [0.1, 0.15) is 0 Å². The van der Waals surface area contributed by atoms with Gasteiger partial charge in [-0.2, -0.15) is 0 Å². The fourth-order valence-electron chi connectivity index (χ4n) is 2.58. The number of anilines is 1.